The molecule has 3 aromatic rings. The van der Waals surface area contributed by atoms with E-state index in [1.165, 1.54) is 6.07 Å². The molecule has 0 saturated heterocycles. The van der Waals surface area contributed by atoms with Crippen LogP contribution in [0.5, 0.6) is 11.5 Å². The lowest BCUT2D eigenvalue weighted by molar-refractivity contribution is 0.415. The summed E-state index contributed by atoms with van der Waals surface area (Å²) in [6.07, 6.45) is 0. The molecule has 22 heavy (non-hydrogen) atoms. The molecule has 0 aliphatic rings. The van der Waals surface area contributed by atoms with Crippen LogP contribution >= 0.6 is 0 Å². The van der Waals surface area contributed by atoms with E-state index in [-0.39, 0.29) is 11.2 Å². The highest BCUT2D eigenvalue weighted by molar-refractivity contribution is 5.82. The van der Waals surface area contributed by atoms with Crippen molar-refractivity contribution < 1.29 is 14.3 Å². The van der Waals surface area contributed by atoms with Gasteiger partial charge in [-0.15, -0.1) is 0 Å². The molecule has 0 unspecified atom stereocenters. The minimum absolute atomic E-state index is 0.0939. The predicted octanol–water partition coefficient (Wildman–Crippen LogP) is 3.79. The van der Waals surface area contributed by atoms with Crippen molar-refractivity contribution in [1.29, 1.82) is 0 Å². The van der Waals surface area contributed by atoms with E-state index in [1.807, 2.05) is 24.3 Å². The fourth-order valence-corrected chi connectivity index (χ4v) is 2.44. The minimum Gasteiger partial charge on any atom is -0.508 e. The van der Waals surface area contributed by atoms with Crippen molar-refractivity contribution in [1.82, 2.24) is 0 Å². The van der Waals surface area contributed by atoms with Gasteiger partial charge < -0.3 is 14.3 Å². The zero-order chi connectivity index (χ0) is 15.9. The first-order valence-corrected chi connectivity index (χ1v) is 6.92. The number of aryl methyl sites for hydroxylation is 1. The minimum atomic E-state index is -0.137. The highest BCUT2D eigenvalue weighted by Gasteiger charge is 2.14. The van der Waals surface area contributed by atoms with Crippen molar-refractivity contribution in [3.63, 3.8) is 0 Å². The summed E-state index contributed by atoms with van der Waals surface area (Å²) in [4.78, 5) is 12.5. The van der Waals surface area contributed by atoms with Gasteiger partial charge in [-0.3, -0.25) is 4.79 Å². The van der Waals surface area contributed by atoms with E-state index in [0.29, 0.717) is 27.9 Å². The predicted molar refractivity (Wildman–Crippen MR) is 85.6 cm³/mol. The number of hydrogen-bond acceptors (Lipinski definition) is 4. The number of hydrogen-bond donors (Lipinski definition) is 1. The summed E-state index contributed by atoms with van der Waals surface area (Å²) in [6.45, 7) is 3.49. The second kappa shape index (κ2) is 5.22. The van der Waals surface area contributed by atoms with Gasteiger partial charge in [0.05, 0.1) is 12.5 Å². The van der Waals surface area contributed by atoms with Gasteiger partial charge >= 0.3 is 0 Å². The number of phenols is 1. The van der Waals surface area contributed by atoms with Gasteiger partial charge in [0.1, 0.15) is 22.8 Å². The normalized spacial score (nSPS) is 10.9. The van der Waals surface area contributed by atoms with E-state index >= 15 is 0 Å². The average molecular weight is 296 g/mol. The molecule has 112 valence electrons. The maximum atomic E-state index is 12.5. The summed E-state index contributed by atoms with van der Waals surface area (Å²) in [5.41, 5.74) is 2.32. The van der Waals surface area contributed by atoms with Crippen LogP contribution < -0.4 is 10.2 Å². The third kappa shape index (κ3) is 2.22. The number of fused-ring (bicyclic) bond motifs is 1. The molecular formula is C18H16O4. The summed E-state index contributed by atoms with van der Waals surface area (Å²) in [5, 5.41) is 10.2. The maximum Gasteiger partial charge on any atom is 0.196 e. The molecule has 0 spiro atoms. The molecule has 4 heteroatoms. The molecule has 4 nitrogen and oxygen atoms in total. The summed E-state index contributed by atoms with van der Waals surface area (Å²) in [7, 11) is 1.60. The summed E-state index contributed by atoms with van der Waals surface area (Å²) in [5.74, 6) is 1.37. The van der Waals surface area contributed by atoms with Gasteiger partial charge in [0, 0.05) is 11.1 Å². The number of benzene rings is 2. The molecule has 0 atom stereocenters. The van der Waals surface area contributed by atoms with Crippen molar-refractivity contribution in [2.24, 2.45) is 0 Å². The Morgan fingerprint density at radius 1 is 1.09 bits per heavy atom. The van der Waals surface area contributed by atoms with E-state index in [9.17, 15) is 9.90 Å². The fraction of sp³-hybridized carbons (Fsp3) is 0.167. The molecular weight excluding hydrogens is 280 g/mol. The quantitative estimate of drug-likeness (QED) is 0.781. The van der Waals surface area contributed by atoms with Crippen LogP contribution in [0.3, 0.4) is 0 Å². The Hall–Kier alpha value is -2.75. The third-order valence-corrected chi connectivity index (χ3v) is 3.79. The average Bonchev–Trinajstić information content (AvgIpc) is 2.53. The molecule has 0 saturated carbocycles. The number of phenolic OH excluding ortho intramolecular Hbond substituents is 1. The van der Waals surface area contributed by atoms with Crippen molar-refractivity contribution >= 4 is 11.0 Å². The van der Waals surface area contributed by atoms with Gasteiger partial charge in [-0.05, 0) is 55.8 Å². The van der Waals surface area contributed by atoms with Crippen molar-refractivity contribution in [2.45, 2.75) is 13.8 Å². The Morgan fingerprint density at radius 3 is 2.41 bits per heavy atom. The van der Waals surface area contributed by atoms with Gasteiger partial charge in [0.15, 0.2) is 5.43 Å². The Kier molecular flexibility index (Phi) is 3.37. The van der Waals surface area contributed by atoms with E-state index < -0.39 is 0 Å². The van der Waals surface area contributed by atoms with Crippen LogP contribution in [0, 0.1) is 13.8 Å². The highest BCUT2D eigenvalue weighted by atomic mass is 16.5. The summed E-state index contributed by atoms with van der Waals surface area (Å²) in [6, 6.07) is 10.5. The molecule has 1 heterocycles. The first-order valence-electron chi connectivity index (χ1n) is 6.92. The number of aromatic hydroxyl groups is 1. The zero-order valence-corrected chi connectivity index (χ0v) is 12.6. The van der Waals surface area contributed by atoms with Gasteiger partial charge in [-0.1, -0.05) is 0 Å². The molecule has 0 radical (unpaired) electrons. The van der Waals surface area contributed by atoms with Crippen molar-refractivity contribution in [3.8, 4) is 22.8 Å². The lowest BCUT2D eigenvalue weighted by Gasteiger charge is -2.09. The summed E-state index contributed by atoms with van der Waals surface area (Å²) < 4.78 is 11.1. The van der Waals surface area contributed by atoms with Gasteiger partial charge in [-0.25, -0.2) is 0 Å². The highest BCUT2D eigenvalue weighted by Crippen LogP contribution is 2.29. The Morgan fingerprint density at radius 2 is 1.77 bits per heavy atom. The number of methoxy groups -OCH3 is 1. The van der Waals surface area contributed by atoms with Crippen LogP contribution in [0.2, 0.25) is 0 Å². The van der Waals surface area contributed by atoms with E-state index in [0.717, 1.165) is 11.3 Å². The van der Waals surface area contributed by atoms with Gasteiger partial charge in [0.25, 0.3) is 0 Å². The molecule has 0 aliphatic carbocycles. The molecule has 0 aliphatic heterocycles. The van der Waals surface area contributed by atoms with Crippen molar-refractivity contribution in [2.75, 3.05) is 7.11 Å². The standard InChI is InChI=1S/C18H16O4/c1-10-8-16-14(9-15(10)19)17(20)11(2)18(22-16)12-4-6-13(21-3)7-5-12/h4-9,19H,1-3H3. The fourth-order valence-electron chi connectivity index (χ4n) is 2.44. The van der Waals surface area contributed by atoms with Gasteiger partial charge in [-0.2, -0.15) is 0 Å². The molecule has 0 bridgehead atoms. The molecule has 0 amide bonds. The van der Waals surface area contributed by atoms with E-state index in [4.69, 9.17) is 9.15 Å². The first kappa shape index (κ1) is 14.2. The van der Waals surface area contributed by atoms with Crippen LogP contribution in [0.4, 0.5) is 0 Å². The lowest BCUT2D eigenvalue weighted by atomic mass is 10.0. The molecule has 0 fully saturated rings. The zero-order valence-electron chi connectivity index (χ0n) is 12.6. The number of ether oxygens (including phenoxy) is 1. The monoisotopic (exact) mass is 296 g/mol. The van der Waals surface area contributed by atoms with Crippen molar-refractivity contribution in [3.05, 3.63) is 57.7 Å². The molecule has 3 rings (SSSR count). The first-order chi connectivity index (χ1) is 10.5. The van der Waals surface area contributed by atoms with Gasteiger partial charge in [0.2, 0.25) is 0 Å². The van der Waals surface area contributed by atoms with E-state index in [1.54, 1.807) is 27.0 Å². The number of rotatable bonds is 2. The van der Waals surface area contributed by atoms with Crippen LogP contribution in [0.15, 0.2) is 45.6 Å². The molecule has 2 aromatic carbocycles. The van der Waals surface area contributed by atoms with E-state index in [2.05, 4.69) is 0 Å². The molecule has 1 N–H and O–H groups in total. The topological polar surface area (TPSA) is 59.7 Å². The Balaban J connectivity index is 2.27. The second-order valence-electron chi connectivity index (χ2n) is 5.25. The second-order valence-corrected chi connectivity index (χ2v) is 5.25. The van der Waals surface area contributed by atoms with Crippen LogP contribution in [-0.4, -0.2) is 12.2 Å². The maximum absolute atomic E-state index is 12.5. The summed E-state index contributed by atoms with van der Waals surface area (Å²) >= 11 is 0. The smallest absolute Gasteiger partial charge is 0.196 e. The lowest BCUT2D eigenvalue weighted by Crippen LogP contribution is -2.07. The molecule has 1 aromatic heterocycles. The van der Waals surface area contributed by atoms with Crippen LogP contribution in [0.25, 0.3) is 22.3 Å². The SMILES string of the molecule is COc1ccc(-c2oc3cc(C)c(O)cc3c(=O)c2C)cc1. The Labute approximate surface area is 127 Å². The Bertz CT molecular complexity index is 905. The van der Waals surface area contributed by atoms with Crippen LogP contribution in [-0.2, 0) is 0 Å². The largest absolute Gasteiger partial charge is 0.508 e. The third-order valence-electron chi connectivity index (χ3n) is 3.79. The van der Waals surface area contributed by atoms with Crippen LogP contribution in [0.1, 0.15) is 11.1 Å².